The van der Waals surface area contributed by atoms with Gasteiger partial charge < -0.3 is 19.7 Å². The second-order valence-electron chi connectivity index (χ2n) is 9.43. The standard InChI is InChI=1S/C20H26O5/c1-17-8-14(22)16-12(4-7-25-16)13(17)2-5-18-9-19(23,6-3-15(17)18)20(24,10-18)11-21/h4,7,13,15,21,23-24H,2-3,5-6,8-11H2,1H3/t13-,15+,17-,18+,19-,20+/m1/s1. The van der Waals surface area contributed by atoms with Crippen molar-refractivity contribution in [3.63, 3.8) is 0 Å². The first-order chi connectivity index (χ1) is 11.8. The highest BCUT2D eigenvalue weighted by Gasteiger charge is 2.71. The Morgan fingerprint density at radius 1 is 1.24 bits per heavy atom. The van der Waals surface area contributed by atoms with Gasteiger partial charge in [-0.1, -0.05) is 6.92 Å². The number of carbonyl (C=O) groups is 1. The number of fused-ring (bicyclic) bond motifs is 5. The summed E-state index contributed by atoms with van der Waals surface area (Å²) in [7, 11) is 0. The van der Waals surface area contributed by atoms with E-state index in [4.69, 9.17) is 4.42 Å². The van der Waals surface area contributed by atoms with Crippen LogP contribution in [0, 0.1) is 16.7 Å². The van der Waals surface area contributed by atoms with Crippen molar-refractivity contribution in [2.45, 2.75) is 69.0 Å². The molecule has 1 aromatic heterocycles. The van der Waals surface area contributed by atoms with E-state index in [1.165, 1.54) is 0 Å². The molecule has 136 valence electrons. The van der Waals surface area contributed by atoms with Crippen LogP contribution in [0.3, 0.4) is 0 Å². The highest BCUT2D eigenvalue weighted by atomic mass is 16.4. The third-order valence-corrected chi connectivity index (χ3v) is 8.39. The number of aliphatic hydroxyl groups excluding tert-OH is 1. The van der Waals surface area contributed by atoms with Crippen molar-refractivity contribution >= 4 is 5.78 Å². The van der Waals surface area contributed by atoms with Crippen LogP contribution in [0.5, 0.6) is 0 Å². The second-order valence-corrected chi connectivity index (χ2v) is 9.43. The zero-order valence-electron chi connectivity index (χ0n) is 14.6. The van der Waals surface area contributed by atoms with Gasteiger partial charge in [0.1, 0.15) is 5.60 Å². The van der Waals surface area contributed by atoms with E-state index in [1.54, 1.807) is 6.26 Å². The highest BCUT2D eigenvalue weighted by Crippen LogP contribution is 2.72. The van der Waals surface area contributed by atoms with Gasteiger partial charge in [0.15, 0.2) is 11.5 Å². The number of carbonyl (C=O) groups excluding carboxylic acids is 1. The molecule has 25 heavy (non-hydrogen) atoms. The van der Waals surface area contributed by atoms with E-state index in [0.717, 1.165) is 24.8 Å². The van der Waals surface area contributed by atoms with E-state index in [-0.39, 0.29) is 22.5 Å². The molecule has 4 aliphatic carbocycles. The number of ketones is 1. The average Bonchev–Trinajstić information content (AvgIpc) is 3.08. The smallest absolute Gasteiger partial charge is 0.198 e. The van der Waals surface area contributed by atoms with Crippen molar-refractivity contribution in [2.75, 3.05) is 6.61 Å². The summed E-state index contributed by atoms with van der Waals surface area (Å²) in [6.45, 7) is 1.82. The molecule has 0 aliphatic heterocycles. The van der Waals surface area contributed by atoms with Crippen molar-refractivity contribution in [1.29, 1.82) is 0 Å². The molecule has 0 amide bonds. The summed E-state index contributed by atoms with van der Waals surface area (Å²) in [4.78, 5) is 12.7. The summed E-state index contributed by atoms with van der Waals surface area (Å²) in [5.74, 6) is 1.17. The van der Waals surface area contributed by atoms with Gasteiger partial charge in [0.05, 0.1) is 18.5 Å². The molecule has 3 fully saturated rings. The van der Waals surface area contributed by atoms with Crippen LogP contribution in [0.2, 0.25) is 0 Å². The fourth-order valence-electron chi connectivity index (χ4n) is 7.40. The summed E-state index contributed by atoms with van der Waals surface area (Å²) in [5.41, 5.74) is -1.92. The summed E-state index contributed by atoms with van der Waals surface area (Å²) < 4.78 is 5.46. The van der Waals surface area contributed by atoms with Gasteiger partial charge in [-0.05, 0) is 67.3 Å². The lowest BCUT2D eigenvalue weighted by molar-refractivity contribution is -0.162. The summed E-state index contributed by atoms with van der Waals surface area (Å²) in [6, 6.07) is 1.95. The molecule has 5 nitrogen and oxygen atoms in total. The Balaban J connectivity index is 1.60. The highest BCUT2D eigenvalue weighted by molar-refractivity contribution is 5.97. The van der Waals surface area contributed by atoms with E-state index in [0.29, 0.717) is 37.4 Å². The summed E-state index contributed by atoms with van der Waals surface area (Å²) >= 11 is 0. The monoisotopic (exact) mass is 346 g/mol. The maximum atomic E-state index is 12.7. The Hall–Kier alpha value is -1.17. The largest absolute Gasteiger partial charge is 0.461 e. The number of hydrogen-bond acceptors (Lipinski definition) is 5. The van der Waals surface area contributed by atoms with Gasteiger partial charge in [-0.15, -0.1) is 0 Å². The van der Waals surface area contributed by atoms with Gasteiger partial charge in [-0.3, -0.25) is 4.79 Å². The number of hydrogen-bond donors (Lipinski definition) is 3. The number of rotatable bonds is 1. The molecule has 0 saturated heterocycles. The molecule has 2 bridgehead atoms. The Morgan fingerprint density at radius 2 is 2.04 bits per heavy atom. The molecule has 1 spiro atoms. The Bertz CT molecular complexity index is 753. The number of aliphatic hydroxyl groups is 3. The van der Waals surface area contributed by atoms with Crippen LogP contribution in [0.1, 0.15) is 73.9 Å². The van der Waals surface area contributed by atoms with E-state index in [1.807, 2.05) is 6.07 Å². The van der Waals surface area contributed by atoms with E-state index >= 15 is 0 Å². The van der Waals surface area contributed by atoms with Gasteiger partial charge in [-0.2, -0.15) is 0 Å². The maximum Gasteiger partial charge on any atom is 0.198 e. The van der Waals surface area contributed by atoms with Gasteiger partial charge in [0, 0.05) is 12.0 Å². The van der Waals surface area contributed by atoms with Gasteiger partial charge in [0.2, 0.25) is 0 Å². The molecule has 3 saturated carbocycles. The van der Waals surface area contributed by atoms with Crippen LogP contribution in [-0.2, 0) is 0 Å². The Labute approximate surface area is 147 Å². The lowest BCUT2D eigenvalue weighted by Gasteiger charge is -2.59. The van der Waals surface area contributed by atoms with Crippen molar-refractivity contribution in [1.82, 2.24) is 0 Å². The Morgan fingerprint density at radius 3 is 2.80 bits per heavy atom. The number of furan rings is 1. The Kier molecular flexibility index (Phi) is 2.93. The molecule has 0 aromatic carbocycles. The molecule has 1 heterocycles. The number of Topliss-reactive ketones (excluding diaryl/α,β-unsaturated/α-hetero) is 1. The summed E-state index contributed by atoms with van der Waals surface area (Å²) in [6.07, 6.45) is 6.21. The minimum Gasteiger partial charge on any atom is -0.461 e. The van der Waals surface area contributed by atoms with Crippen LogP contribution in [-0.4, -0.2) is 38.9 Å². The zero-order chi connectivity index (χ0) is 17.7. The van der Waals surface area contributed by atoms with Crippen LogP contribution in [0.15, 0.2) is 16.7 Å². The first-order valence-electron chi connectivity index (χ1n) is 9.43. The van der Waals surface area contributed by atoms with E-state index in [9.17, 15) is 20.1 Å². The quantitative estimate of drug-likeness (QED) is 0.726. The normalized spacial score (nSPS) is 51.0. The van der Waals surface area contributed by atoms with Crippen molar-refractivity contribution in [3.05, 3.63) is 23.7 Å². The van der Waals surface area contributed by atoms with Crippen molar-refractivity contribution in [3.8, 4) is 0 Å². The zero-order valence-corrected chi connectivity index (χ0v) is 14.6. The van der Waals surface area contributed by atoms with Gasteiger partial charge >= 0.3 is 0 Å². The second kappa shape index (κ2) is 4.56. The fourth-order valence-corrected chi connectivity index (χ4v) is 7.40. The van der Waals surface area contributed by atoms with Crippen LogP contribution in [0.25, 0.3) is 0 Å². The minimum atomic E-state index is -1.41. The molecule has 0 unspecified atom stereocenters. The first-order valence-corrected chi connectivity index (χ1v) is 9.43. The maximum absolute atomic E-state index is 12.7. The molecule has 5 rings (SSSR count). The SMILES string of the molecule is C[C@@]12CC(=O)c3occc3[C@H]1CC[C@]13C[C@](O)(CO)[C@@](O)(CC[C@H]12)C3. The van der Waals surface area contributed by atoms with Crippen LogP contribution >= 0.6 is 0 Å². The van der Waals surface area contributed by atoms with Crippen molar-refractivity contribution in [2.24, 2.45) is 16.7 Å². The molecule has 0 radical (unpaired) electrons. The third kappa shape index (κ3) is 1.72. The fraction of sp³-hybridized carbons (Fsp3) is 0.750. The summed E-state index contributed by atoms with van der Waals surface area (Å²) in [5, 5.41) is 31.8. The van der Waals surface area contributed by atoms with Gasteiger partial charge in [-0.25, -0.2) is 0 Å². The van der Waals surface area contributed by atoms with Crippen LogP contribution < -0.4 is 0 Å². The first kappa shape index (κ1) is 16.0. The van der Waals surface area contributed by atoms with E-state index in [2.05, 4.69) is 6.92 Å². The van der Waals surface area contributed by atoms with Crippen molar-refractivity contribution < 1.29 is 24.5 Å². The minimum absolute atomic E-state index is 0.0760. The average molecular weight is 346 g/mol. The molecule has 1 aromatic rings. The topological polar surface area (TPSA) is 90.9 Å². The van der Waals surface area contributed by atoms with E-state index < -0.39 is 17.8 Å². The third-order valence-electron chi connectivity index (χ3n) is 8.39. The lowest BCUT2D eigenvalue weighted by atomic mass is 9.44. The molecular formula is C20H26O5. The lowest BCUT2D eigenvalue weighted by Crippen LogP contribution is -2.55. The predicted molar refractivity (Wildman–Crippen MR) is 89.1 cm³/mol. The van der Waals surface area contributed by atoms with Gasteiger partial charge in [0.25, 0.3) is 0 Å². The molecule has 3 N–H and O–H groups in total. The van der Waals surface area contributed by atoms with Crippen LogP contribution in [0.4, 0.5) is 0 Å². The molecule has 5 heteroatoms. The molecule has 4 aliphatic rings. The predicted octanol–water partition coefficient (Wildman–Crippen LogP) is 2.39. The molecular weight excluding hydrogens is 320 g/mol. The molecule has 6 atom stereocenters.